The maximum Gasteiger partial charge on any atom is 0.0690 e. The summed E-state index contributed by atoms with van der Waals surface area (Å²) in [7, 11) is 0. The van der Waals surface area contributed by atoms with Crippen molar-refractivity contribution in [2.75, 3.05) is 6.61 Å². The van der Waals surface area contributed by atoms with Crippen molar-refractivity contribution in [3.63, 3.8) is 0 Å². The Kier molecular flexibility index (Phi) is 2.75. The Morgan fingerprint density at radius 3 is 2.88 bits per heavy atom. The molecule has 3 aliphatic rings. The molecule has 2 aliphatic carbocycles. The van der Waals surface area contributed by atoms with Crippen molar-refractivity contribution >= 4 is 0 Å². The number of ether oxygens (including phenoxy) is 1. The van der Waals surface area contributed by atoms with Crippen molar-refractivity contribution < 1.29 is 4.74 Å². The molecule has 4 atom stereocenters. The largest absolute Gasteiger partial charge is 0.377 e. The zero-order valence-electron chi connectivity index (χ0n) is 10.7. The molecule has 3 fully saturated rings. The van der Waals surface area contributed by atoms with Crippen LogP contribution < -0.4 is 5.32 Å². The third kappa shape index (κ3) is 1.39. The van der Waals surface area contributed by atoms with Crippen LogP contribution in [0.2, 0.25) is 0 Å². The summed E-state index contributed by atoms with van der Waals surface area (Å²) in [5, 5.41) is 3.90. The van der Waals surface area contributed by atoms with Crippen LogP contribution in [0.15, 0.2) is 0 Å². The highest BCUT2D eigenvalue weighted by molar-refractivity contribution is 5.18. The predicted molar refractivity (Wildman–Crippen MR) is 65.4 cm³/mol. The van der Waals surface area contributed by atoms with E-state index >= 15 is 0 Å². The molecule has 1 heterocycles. The van der Waals surface area contributed by atoms with Crippen molar-refractivity contribution in [1.82, 2.24) is 5.32 Å². The zero-order chi connectivity index (χ0) is 11.2. The number of hydrogen-bond donors (Lipinski definition) is 1. The third-order valence-corrected chi connectivity index (χ3v) is 5.22. The molecule has 0 aromatic carbocycles. The standard InChI is InChI=1S/C14H25NO/c1-3-5-10(2)15-12-11-6-9-16-13(11)14(12)7-4-8-14/h10-13,15H,3-9H2,1-2H3. The highest BCUT2D eigenvalue weighted by atomic mass is 16.5. The van der Waals surface area contributed by atoms with Gasteiger partial charge in [0.1, 0.15) is 0 Å². The minimum atomic E-state index is 0.559. The number of rotatable bonds is 4. The Balaban J connectivity index is 1.65. The van der Waals surface area contributed by atoms with E-state index in [1.54, 1.807) is 0 Å². The Labute approximate surface area is 99.1 Å². The summed E-state index contributed by atoms with van der Waals surface area (Å²) < 4.78 is 5.94. The Hall–Kier alpha value is -0.0800. The number of hydrogen-bond acceptors (Lipinski definition) is 2. The van der Waals surface area contributed by atoms with Crippen molar-refractivity contribution in [3.05, 3.63) is 0 Å². The molecule has 0 aromatic heterocycles. The zero-order valence-corrected chi connectivity index (χ0v) is 10.7. The van der Waals surface area contributed by atoms with Gasteiger partial charge in [0.15, 0.2) is 0 Å². The van der Waals surface area contributed by atoms with Gasteiger partial charge in [-0.1, -0.05) is 19.8 Å². The quantitative estimate of drug-likeness (QED) is 0.791. The SMILES string of the molecule is CCCC(C)NC1C2CCOC2C12CCC2. The van der Waals surface area contributed by atoms with Crippen LogP contribution in [0.1, 0.15) is 52.4 Å². The average Bonchev–Trinajstić information content (AvgIpc) is 2.58. The summed E-state index contributed by atoms with van der Waals surface area (Å²) >= 11 is 0. The second-order valence-corrected chi connectivity index (χ2v) is 6.16. The molecule has 1 spiro atoms. The molecule has 2 saturated carbocycles. The molecule has 3 rings (SSSR count). The van der Waals surface area contributed by atoms with E-state index in [1.165, 1.54) is 38.5 Å². The fraction of sp³-hybridized carbons (Fsp3) is 1.00. The van der Waals surface area contributed by atoms with Crippen molar-refractivity contribution in [1.29, 1.82) is 0 Å². The van der Waals surface area contributed by atoms with Crippen LogP contribution in [0.3, 0.4) is 0 Å². The van der Waals surface area contributed by atoms with Gasteiger partial charge >= 0.3 is 0 Å². The Morgan fingerprint density at radius 1 is 1.44 bits per heavy atom. The Morgan fingerprint density at radius 2 is 2.25 bits per heavy atom. The first kappa shape index (κ1) is 11.0. The molecule has 1 saturated heterocycles. The van der Waals surface area contributed by atoms with Crippen LogP contribution in [0, 0.1) is 11.3 Å². The van der Waals surface area contributed by atoms with Crippen LogP contribution in [-0.4, -0.2) is 24.8 Å². The lowest BCUT2D eigenvalue weighted by Gasteiger charge is -2.64. The molecule has 2 heteroatoms. The van der Waals surface area contributed by atoms with E-state index < -0.39 is 0 Å². The summed E-state index contributed by atoms with van der Waals surface area (Å²) in [5.74, 6) is 0.833. The second kappa shape index (κ2) is 3.99. The molecule has 1 N–H and O–H groups in total. The summed E-state index contributed by atoms with van der Waals surface area (Å²) in [6.45, 7) is 5.63. The third-order valence-electron chi connectivity index (χ3n) is 5.22. The van der Waals surface area contributed by atoms with Gasteiger partial charge in [0.05, 0.1) is 6.10 Å². The van der Waals surface area contributed by atoms with Crippen LogP contribution >= 0.6 is 0 Å². The normalized spacial score (nSPS) is 41.2. The van der Waals surface area contributed by atoms with E-state index in [9.17, 15) is 0 Å². The smallest absolute Gasteiger partial charge is 0.0690 e. The first-order chi connectivity index (χ1) is 7.78. The van der Waals surface area contributed by atoms with Gasteiger partial charge in [0.2, 0.25) is 0 Å². The first-order valence-corrected chi connectivity index (χ1v) is 7.15. The first-order valence-electron chi connectivity index (χ1n) is 7.15. The van der Waals surface area contributed by atoms with Gasteiger partial charge in [0.25, 0.3) is 0 Å². The molecular weight excluding hydrogens is 198 g/mol. The highest BCUT2D eigenvalue weighted by Gasteiger charge is 2.66. The van der Waals surface area contributed by atoms with E-state index in [0.29, 0.717) is 17.6 Å². The maximum absolute atomic E-state index is 5.94. The Bertz CT molecular complexity index is 261. The van der Waals surface area contributed by atoms with Crippen LogP contribution in [-0.2, 0) is 4.74 Å². The molecule has 2 nitrogen and oxygen atoms in total. The molecule has 0 amide bonds. The summed E-state index contributed by atoms with van der Waals surface area (Å²) in [5.41, 5.74) is 0.559. The molecule has 0 aromatic rings. The molecule has 4 unspecified atom stereocenters. The summed E-state index contributed by atoms with van der Waals surface area (Å²) in [6.07, 6.45) is 8.75. The minimum Gasteiger partial charge on any atom is -0.377 e. The molecule has 16 heavy (non-hydrogen) atoms. The lowest BCUT2D eigenvalue weighted by atomic mass is 9.46. The minimum absolute atomic E-state index is 0.559. The van der Waals surface area contributed by atoms with E-state index in [-0.39, 0.29) is 0 Å². The van der Waals surface area contributed by atoms with Gasteiger partial charge in [-0.2, -0.15) is 0 Å². The monoisotopic (exact) mass is 223 g/mol. The lowest BCUT2D eigenvalue weighted by Crippen LogP contribution is -2.72. The summed E-state index contributed by atoms with van der Waals surface area (Å²) in [4.78, 5) is 0. The average molecular weight is 223 g/mol. The van der Waals surface area contributed by atoms with Gasteiger partial charge in [-0.05, 0) is 32.6 Å². The molecule has 0 radical (unpaired) electrons. The molecule has 1 aliphatic heterocycles. The fourth-order valence-corrected chi connectivity index (χ4v) is 4.32. The van der Waals surface area contributed by atoms with Gasteiger partial charge < -0.3 is 10.1 Å². The topological polar surface area (TPSA) is 21.3 Å². The number of fused-ring (bicyclic) bond motifs is 2. The van der Waals surface area contributed by atoms with E-state index in [0.717, 1.165) is 18.6 Å². The van der Waals surface area contributed by atoms with Crippen molar-refractivity contribution in [3.8, 4) is 0 Å². The predicted octanol–water partition coefficient (Wildman–Crippen LogP) is 2.72. The van der Waals surface area contributed by atoms with Crippen LogP contribution in [0.4, 0.5) is 0 Å². The van der Waals surface area contributed by atoms with Crippen LogP contribution in [0.5, 0.6) is 0 Å². The molecular formula is C14H25NO. The van der Waals surface area contributed by atoms with Gasteiger partial charge in [-0.3, -0.25) is 0 Å². The van der Waals surface area contributed by atoms with Gasteiger partial charge in [-0.25, -0.2) is 0 Å². The van der Waals surface area contributed by atoms with E-state index in [4.69, 9.17) is 4.74 Å². The van der Waals surface area contributed by atoms with E-state index in [1.807, 2.05) is 0 Å². The molecule has 92 valence electrons. The van der Waals surface area contributed by atoms with Gasteiger partial charge in [-0.15, -0.1) is 0 Å². The summed E-state index contributed by atoms with van der Waals surface area (Å²) in [6, 6.07) is 1.46. The number of nitrogens with one attached hydrogen (secondary N) is 1. The lowest BCUT2D eigenvalue weighted by molar-refractivity contribution is -0.178. The van der Waals surface area contributed by atoms with Crippen molar-refractivity contribution in [2.24, 2.45) is 11.3 Å². The fourth-order valence-electron chi connectivity index (χ4n) is 4.32. The van der Waals surface area contributed by atoms with E-state index in [2.05, 4.69) is 19.2 Å². The van der Waals surface area contributed by atoms with Gasteiger partial charge in [0, 0.05) is 30.0 Å². The van der Waals surface area contributed by atoms with Crippen LogP contribution in [0.25, 0.3) is 0 Å². The molecule has 0 bridgehead atoms. The maximum atomic E-state index is 5.94. The second-order valence-electron chi connectivity index (χ2n) is 6.16. The van der Waals surface area contributed by atoms with Crippen molar-refractivity contribution in [2.45, 2.75) is 70.6 Å². The highest BCUT2D eigenvalue weighted by Crippen LogP contribution is 2.62.